The van der Waals surface area contributed by atoms with E-state index in [2.05, 4.69) is 23.4 Å². The number of benzene rings is 1. The minimum Gasteiger partial charge on any atom is -0.781 e. The summed E-state index contributed by atoms with van der Waals surface area (Å²) in [6, 6.07) is 10.3. The first kappa shape index (κ1) is 17.6. The largest absolute Gasteiger partial charge is 2.00 e. The topological polar surface area (TPSA) is 89.5 Å². The Morgan fingerprint density at radius 1 is 1.07 bits per heavy atom. The van der Waals surface area contributed by atoms with Gasteiger partial charge in [-0.25, -0.2) is 0 Å². The van der Waals surface area contributed by atoms with E-state index < -0.39 is 16.5 Å². The van der Waals surface area contributed by atoms with Crippen LogP contribution in [0.1, 0.15) is 5.56 Å². The Hall–Kier alpha value is 0.183. The van der Waals surface area contributed by atoms with Gasteiger partial charge in [-0.1, -0.05) is 35.9 Å². The van der Waals surface area contributed by atoms with Crippen molar-refractivity contribution < 1.29 is 42.7 Å². The third-order valence-electron chi connectivity index (χ3n) is 1.11. The summed E-state index contributed by atoms with van der Waals surface area (Å²) in [5, 5.41) is 0. The first-order valence-electron chi connectivity index (χ1n) is 3.64. The van der Waals surface area contributed by atoms with E-state index >= 15 is 0 Å². The fraction of sp³-hybridized carbons (Fsp3) is 0.143. The molecule has 0 saturated carbocycles. The Bertz CT molecular complexity index is 294. The van der Waals surface area contributed by atoms with Gasteiger partial charge < -0.3 is 18.9 Å². The molecule has 1 aromatic carbocycles. The molecule has 0 aliphatic carbocycles. The predicted molar refractivity (Wildman–Crippen MR) is 50.3 cm³/mol. The van der Waals surface area contributed by atoms with Gasteiger partial charge in [-0.3, -0.25) is 4.31 Å². The molecule has 2 atom stereocenters. The summed E-state index contributed by atoms with van der Waals surface area (Å²) >= 11 is 0. The van der Waals surface area contributed by atoms with Crippen LogP contribution in [0.15, 0.2) is 30.3 Å². The summed E-state index contributed by atoms with van der Waals surface area (Å²) < 4.78 is 21.8. The Morgan fingerprint density at radius 3 is 1.60 bits per heavy atom. The molecule has 0 amide bonds. The van der Waals surface area contributed by atoms with Crippen molar-refractivity contribution in [3.8, 4) is 0 Å². The standard InChI is InChI=1S/C7H8.H4O5P2.Zn/c1-7-5-3-2-4-6-7;1-6(2)5-7(3)4;/h2-6H,1H3;6-7H,(H,1,2)(H,3,4);/q;;+2/p-2. The van der Waals surface area contributed by atoms with Crippen LogP contribution in [0, 0.1) is 6.92 Å². The van der Waals surface area contributed by atoms with Crippen LogP contribution >= 0.6 is 16.5 Å². The quantitative estimate of drug-likeness (QED) is 0.586. The van der Waals surface area contributed by atoms with Crippen LogP contribution in [0.5, 0.6) is 0 Å². The molecule has 0 saturated heterocycles. The number of hydrogen-bond donors (Lipinski definition) is 0. The van der Waals surface area contributed by atoms with Crippen molar-refractivity contribution in [2.45, 2.75) is 6.92 Å². The van der Waals surface area contributed by atoms with Gasteiger partial charge in [-0.05, 0) is 6.92 Å². The van der Waals surface area contributed by atoms with Crippen LogP contribution in [0.3, 0.4) is 0 Å². The molecule has 0 bridgehead atoms. The minimum atomic E-state index is -3.51. The monoisotopic (exact) mass is 300 g/mol. The molecule has 0 radical (unpaired) electrons. The van der Waals surface area contributed by atoms with E-state index in [1.807, 2.05) is 18.2 Å². The Kier molecular flexibility index (Phi) is 12.5. The number of aryl methyl sites for hydroxylation is 1. The summed E-state index contributed by atoms with van der Waals surface area (Å²) in [7, 11) is -7.03. The molecule has 0 aliphatic heterocycles. The maximum Gasteiger partial charge on any atom is 2.00 e. The van der Waals surface area contributed by atoms with E-state index in [-0.39, 0.29) is 19.5 Å². The van der Waals surface area contributed by atoms with Crippen molar-refractivity contribution in [3.63, 3.8) is 0 Å². The van der Waals surface area contributed by atoms with Crippen LogP contribution in [-0.2, 0) is 32.9 Å². The average molecular weight is 301 g/mol. The number of rotatable bonds is 2. The van der Waals surface area contributed by atoms with E-state index in [4.69, 9.17) is 0 Å². The second-order valence-corrected chi connectivity index (χ2v) is 4.07. The van der Waals surface area contributed by atoms with Crippen molar-refractivity contribution in [2.75, 3.05) is 0 Å². The van der Waals surface area contributed by atoms with E-state index in [0.29, 0.717) is 0 Å². The van der Waals surface area contributed by atoms with Crippen LogP contribution in [-0.4, -0.2) is 0 Å². The van der Waals surface area contributed by atoms with Gasteiger partial charge in [0.25, 0.3) is 0 Å². The Balaban J connectivity index is 0. The predicted octanol–water partition coefficient (Wildman–Crippen LogP) is 0.496. The van der Waals surface area contributed by atoms with Gasteiger partial charge in [0.05, 0.1) is 0 Å². The van der Waals surface area contributed by atoms with Crippen LogP contribution in [0.25, 0.3) is 0 Å². The molecular formula is C7H10O5P2Zn. The van der Waals surface area contributed by atoms with Crippen molar-refractivity contribution in [1.29, 1.82) is 0 Å². The second kappa shape index (κ2) is 10.7. The molecule has 1 rings (SSSR count). The maximum atomic E-state index is 9.29. The summed E-state index contributed by atoms with van der Waals surface area (Å²) in [6.45, 7) is 2.08. The van der Waals surface area contributed by atoms with Crippen molar-refractivity contribution >= 4 is 16.5 Å². The molecule has 1 aromatic rings. The molecule has 80 valence electrons. The van der Waals surface area contributed by atoms with E-state index in [1.54, 1.807) is 0 Å². The second-order valence-electron chi connectivity index (χ2n) is 2.26. The molecule has 0 aromatic heterocycles. The summed E-state index contributed by atoms with van der Waals surface area (Å²) in [4.78, 5) is 18.6. The van der Waals surface area contributed by atoms with Crippen LogP contribution in [0.2, 0.25) is 0 Å². The fourth-order valence-electron chi connectivity index (χ4n) is 0.602. The molecular weight excluding hydrogens is 291 g/mol. The van der Waals surface area contributed by atoms with Gasteiger partial charge in [0.2, 0.25) is 0 Å². The first-order chi connectivity index (χ1) is 6.52. The third kappa shape index (κ3) is 14.2. The van der Waals surface area contributed by atoms with E-state index in [1.165, 1.54) is 5.56 Å². The molecule has 15 heavy (non-hydrogen) atoms. The van der Waals surface area contributed by atoms with E-state index in [9.17, 15) is 18.9 Å². The molecule has 0 fully saturated rings. The maximum absolute atomic E-state index is 9.29. The molecule has 2 unspecified atom stereocenters. The van der Waals surface area contributed by atoms with Crippen molar-refractivity contribution in [1.82, 2.24) is 0 Å². The zero-order valence-electron chi connectivity index (χ0n) is 8.14. The molecule has 0 heterocycles. The van der Waals surface area contributed by atoms with E-state index in [0.717, 1.165) is 0 Å². The van der Waals surface area contributed by atoms with Gasteiger partial charge in [0, 0.05) is 0 Å². The first-order valence-corrected chi connectivity index (χ1v) is 6.08. The number of hydrogen-bond acceptors (Lipinski definition) is 5. The summed E-state index contributed by atoms with van der Waals surface area (Å²) in [5.41, 5.74) is 1.32. The normalized spacial score (nSPS) is 12.7. The third-order valence-corrected chi connectivity index (χ3v) is 2.44. The minimum absolute atomic E-state index is 0. The zero-order valence-corrected chi connectivity index (χ0v) is 13.1. The summed E-state index contributed by atoms with van der Waals surface area (Å²) in [6.07, 6.45) is 0. The van der Waals surface area contributed by atoms with Crippen molar-refractivity contribution in [2.24, 2.45) is 0 Å². The zero-order chi connectivity index (χ0) is 11.0. The van der Waals surface area contributed by atoms with Gasteiger partial charge in [0.15, 0.2) is 0 Å². The van der Waals surface area contributed by atoms with Gasteiger partial charge in [0.1, 0.15) is 16.5 Å². The van der Waals surface area contributed by atoms with Crippen molar-refractivity contribution in [3.05, 3.63) is 35.9 Å². The summed E-state index contributed by atoms with van der Waals surface area (Å²) in [5.74, 6) is 0. The average Bonchev–Trinajstić information content (AvgIpc) is 2.03. The SMILES string of the molecule is Cc1ccccc1.O=[PH]([O-])O[PH](=O)[O-].[Zn+2]. The van der Waals surface area contributed by atoms with Crippen LogP contribution < -0.4 is 9.79 Å². The molecule has 0 spiro atoms. The Morgan fingerprint density at radius 2 is 1.47 bits per heavy atom. The molecule has 8 heteroatoms. The Labute approximate surface area is 102 Å². The fourth-order valence-corrected chi connectivity index (χ4v) is 1.15. The molecule has 0 aliphatic rings. The van der Waals surface area contributed by atoms with Gasteiger partial charge >= 0.3 is 19.5 Å². The smallest absolute Gasteiger partial charge is 0.781 e. The van der Waals surface area contributed by atoms with Crippen LogP contribution in [0.4, 0.5) is 0 Å². The van der Waals surface area contributed by atoms with Gasteiger partial charge in [-0.15, -0.1) is 0 Å². The van der Waals surface area contributed by atoms with Gasteiger partial charge in [-0.2, -0.15) is 0 Å². The molecule has 0 N–H and O–H groups in total. The molecule has 5 nitrogen and oxygen atoms in total.